The summed E-state index contributed by atoms with van der Waals surface area (Å²) >= 11 is 1.74. The Morgan fingerprint density at radius 1 is 1.57 bits per heavy atom. The summed E-state index contributed by atoms with van der Waals surface area (Å²) < 4.78 is 2.03. The van der Waals surface area contributed by atoms with Crippen LogP contribution in [-0.4, -0.2) is 26.2 Å². The Morgan fingerprint density at radius 3 is 3.00 bits per heavy atom. The molecule has 0 saturated carbocycles. The van der Waals surface area contributed by atoms with Crippen LogP contribution in [0.15, 0.2) is 12.4 Å². The van der Waals surface area contributed by atoms with E-state index in [4.69, 9.17) is 0 Å². The number of hydrogen-bond donors (Lipinski definition) is 1. The van der Waals surface area contributed by atoms with E-state index in [2.05, 4.69) is 18.8 Å². The van der Waals surface area contributed by atoms with E-state index in [0.717, 1.165) is 30.3 Å². The minimum Gasteiger partial charge on any atom is -0.384 e. The second-order valence-electron chi connectivity index (χ2n) is 3.15. The van der Waals surface area contributed by atoms with Gasteiger partial charge < -0.3 is 9.67 Å². The van der Waals surface area contributed by atoms with Gasteiger partial charge in [0.15, 0.2) is 0 Å². The van der Waals surface area contributed by atoms with Crippen LogP contribution in [0, 0.1) is 0 Å². The fourth-order valence-corrected chi connectivity index (χ4v) is 1.96. The molecule has 1 N–H and O–H groups in total. The lowest BCUT2D eigenvalue weighted by Gasteiger charge is -2.11. The van der Waals surface area contributed by atoms with Gasteiger partial charge in [-0.15, -0.1) is 0 Å². The first kappa shape index (κ1) is 11.6. The van der Waals surface area contributed by atoms with Gasteiger partial charge in [0.05, 0.1) is 0 Å². The average Bonchev–Trinajstić information content (AvgIpc) is 2.63. The molecular weight excluding hydrogens is 196 g/mol. The maximum absolute atomic E-state index is 9.84. The fourth-order valence-electron chi connectivity index (χ4n) is 1.35. The Bertz CT molecular complexity index is 262. The van der Waals surface area contributed by atoms with Crippen molar-refractivity contribution in [3.63, 3.8) is 0 Å². The topological polar surface area (TPSA) is 38.0 Å². The molecular formula is C10H18N2OS. The summed E-state index contributed by atoms with van der Waals surface area (Å²) in [6, 6.07) is 0. The van der Waals surface area contributed by atoms with Crippen LogP contribution in [0.2, 0.25) is 0 Å². The summed E-state index contributed by atoms with van der Waals surface area (Å²) in [6.07, 6.45) is 4.32. The predicted octanol–water partition coefficient (Wildman–Crippen LogP) is 2.08. The predicted molar refractivity (Wildman–Crippen MR) is 60.5 cm³/mol. The van der Waals surface area contributed by atoms with Crippen molar-refractivity contribution in [3.05, 3.63) is 18.2 Å². The summed E-state index contributed by atoms with van der Waals surface area (Å²) in [4.78, 5) is 4.19. The van der Waals surface area contributed by atoms with Crippen molar-refractivity contribution in [1.29, 1.82) is 0 Å². The van der Waals surface area contributed by atoms with Crippen molar-refractivity contribution < 1.29 is 5.11 Å². The molecule has 1 atom stereocenters. The lowest BCUT2D eigenvalue weighted by atomic mass is 10.3. The minimum atomic E-state index is -0.429. The van der Waals surface area contributed by atoms with Crippen LogP contribution in [0.5, 0.6) is 0 Å². The van der Waals surface area contributed by atoms with E-state index in [-0.39, 0.29) is 0 Å². The number of aryl methyl sites for hydroxylation is 1. The number of thioether (sulfide) groups is 1. The molecule has 0 fully saturated rings. The fraction of sp³-hybridized carbons (Fsp3) is 0.700. The maximum atomic E-state index is 9.84. The van der Waals surface area contributed by atoms with Crippen molar-refractivity contribution in [2.24, 2.45) is 0 Å². The van der Waals surface area contributed by atoms with Gasteiger partial charge in [-0.1, -0.05) is 13.8 Å². The van der Waals surface area contributed by atoms with Crippen molar-refractivity contribution in [2.75, 3.05) is 11.5 Å². The molecule has 0 bridgehead atoms. The van der Waals surface area contributed by atoms with E-state index in [9.17, 15) is 5.11 Å². The van der Waals surface area contributed by atoms with Crippen molar-refractivity contribution in [3.8, 4) is 0 Å². The molecule has 0 aliphatic heterocycles. The number of aromatic nitrogens is 2. The molecule has 14 heavy (non-hydrogen) atoms. The second kappa shape index (κ2) is 6.09. The molecule has 1 unspecified atom stereocenters. The molecule has 1 heterocycles. The largest absolute Gasteiger partial charge is 0.384 e. The zero-order valence-corrected chi connectivity index (χ0v) is 9.63. The SMILES string of the molecule is CCCn1ccnc1C(O)CSCC. The monoisotopic (exact) mass is 214 g/mol. The van der Waals surface area contributed by atoms with Gasteiger partial charge >= 0.3 is 0 Å². The number of hydrogen-bond acceptors (Lipinski definition) is 3. The van der Waals surface area contributed by atoms with E-state index < -0.39 is 6.10 Å². The number of aliphatic hydroxyl groups is 1. The highest BCUT2D eigenvalue weighted by Crippen LogP contribution is 2.16. The molecule has 0 aliphatic rings. The first-order chi connectivity index (χ1) is 6.79. The maximum Gasteiger partial charge on any atom is 0.138 e. The quantitative estimate of drug-likeness (QED) is 0.788. The molecule has 1 aromatic rings. The Hall–Kier alpha value is -0.480. The van der Waals surface area contributed by atoms with Crippen LogP contribution >= 0.6 is 11.8 Å². The number of aliphatic hydroxyl groups excluding tert-OH is 1. The molecule has 0 aromatic carbocycles. The van der Waals surface area contributed by atoms with Gasteiger partial charge in [0.25, 0.3) is 0 Å². The summed E-state index contributed by atoms with van der Waals surface area (Å²) in [6.45, 7) is 5.15. The lowest BCUT2D eigenvalue weighted by molar-refractivity contribution is 0.188. The van der Waals surface area contributed by atoms with Gasteiger partial charge in [0.1, 0.15) is 11.9 Å². The van der Waals surface area contributed by atoms with Gasteiger partial charge in [-0.05, 0) is 12.2 Å². The highest BCUT2D eigenvalue weighted by atomic mass is 32.2. The van der Waals surface area contributed by atoms with Gasteiger partial charge in [-0.25, -0.2) is 4.98 Å². The Morgan fingerprint density at radius 2 is 2.36 bits per heavy atom. The third kappa shape index (κ3) is 3.03. The molecule has 0 spiro atoms. The summed E-state index contributed by atoms with van der Waals surface area (Å²) in [7, 11) is 0. The Labute approximate surface area is 89.5 Å². The van der Waals surface area contributed by atoms with Gasteiger partial charge in [-0.2, -0.15) is 11.8 Å². The molecule has 3 nitrogen and oxygen atoms in total. The van der Waals surface area contributed by atoms with E-state index >= 15 is 0 Å². The van der Waals surface area contributed by atoms with Crippen LogP contribution in [0.4, 0.5) is 0 Å². The third-order valence-corrected chi connectivity index (χ3v) is 2.95. The molecule has 0 saturated heterocycles. The molecule has 0 radical (unpaired) electrons. The van der Waals surface area contributed by atoms with E-state index in [1.807, 2.05) is 10.8 Å². The van der Waals surface area contributed by atoms with Crippen LogP contribution in [0.1, 0.15) is 32.2 Å². The van der Waals surface area contributed by atoms with Gasteiger partial charge in [0.2, 0.25) is 0 Å². The molecule has 0 amide bonds. The standard InChI is InChI=1S/C10H18N2OS/c1-3-6-12-7-5-11-10(12)9(13)8-14-4-2/h5,7,9,13H,3-4,6,8H2,1-2H3. The van der Waals surface area contributed by atoms with Gasteiger partial charge in [0, 0.05) is 24.7 Å². The smallest absolute Gasteiger partial charge is 0.138 e. The Kier molecular flexibility index (Phi) is 5.04. The van der Waals surface area contributed by atoms with Crippen LogP contribution < -0.4 is 0 Å². The average molecular weight is 214 g/mol. The molecule has 80 valence electrons. The third-order valence-electron chi connectivity index (χ3n) is 1.99. The number of nitrogens with zero attached hydrogens (tertiary/aromatic N) is 2. The minimum absolute atomic E-state index is 0.429. The zero-order chi connectivity index (χ0) is 10.4. The van der Waals surface area contributed by atoms with Crippen LogP contribution in [0.3, 0.4) is 0 Å². The Balaban J connectivity index is 2.58. The zero-order valence-electron chi connectivity index (χ0n) is 8.81. The first-order valence-corrected chi connectivity index (χ1v) is 6.21. The highest BCUT2D eigenvalue weighted by molar-refractivity contribution is 7.99. The van der Waals surface area contributed by atoms with Crippen LogP contribution in [0.25, 0.3) is 0 Å². The number of rotatable bonds is 6. The van der Waals surface area contributed by atoms with E-state index in [1.165, 1.54) is 0 Å². The summed E-state index contributed by atoms with van der Waals surface area (Å²) in [5, 5.41) is 9.84. The van der Waals surface area contributed by atoms with Gasteiger partial charge in [-0.3, -0.25) is 0 Å². The summed E-state index contributed by atoms with van der Waals surface area (Å²) in [5.41, 5.74) is 0. The lowest BCUT2D eigenvalue weighted by Crippen LogP contribution is -2.10. The molecule has 0 aliphatic carbocycles. The van der Waals surface area contributed by atoms with Crippen molar-refractivity contribution >= 4 is 11.8 Å². The van der Waals surface area contributed by atoms with Crippen molar-refractivity contribution in [1.82, 2.24) is 9.55 Å². The first-order valence-electron chi connectivity index (χ1n) is 5.06. The molecule has 1 aromatic heterocycles. The normalized spacial score (nSPS) is 13.1. The molecule has 1 rings (SSSR count). The van der Waals surface area contributed by atoms with E-state index in [0.29, 0.717) is 0 Å². The molecule has 4 heteroatoms. The number of imidazole rings is 1. The van der Waals surface area contributed by atoms with Crippen LogP contribution in [-0.2, 0) is 6.54 Å². The van der Waals surface area contributed by atoms with E-state index in [1.54, 1.807) is 18.0 Å². The van der Waals surface area contributed by atoms with Crippen molar-refractivity contribution in [2.45, 2.75) is 32.9 Å². The second-order valence-corrected chi connectivity index (χ2v) is 4.47. The summed E-state index contributed by atoms with van der Waals surface area (Å²) in [5.74, 6) is 2.57. The highest BCUT2D eigenvalue weighted by Gasteiger charge is 2.12.